The van der Waals surface area contributed by atoms with Crippen LogP contribution in [0.3, 0.4) is 0 Å². The van der Waals surface area contributed by atoms with Crippen LogP contribution in [-0.2, 0) is 12.8 Å². The molecule has 0 unspecified atom stereocenters. The van der Waals surface area contributed by atoms with E-state index < -0.39 is 0 Å². The smallest absolute Gasteiger partial charge is 0.167 e. The number of ketones is 1. The quantitative estimate of drug-likeness (QED) is 0.861. The second-order valence-corrected chi connectivity index (χ2v) is 5.65. The summed E-state index contributed by atoms with van der Waals surface area (Å²) in [7, 11) is 0. The van der Waals surface area contributed by atoms with Gasteiger partial charge in [-0.1, -0.05) is 24.3 Å². The van der Waals surface area contributed by atoms with Crippen molar-refractivity contribution in [1.82, 2.24) is 0 Å². The molecular formula is C16H13BrFNO. The summed E-state index contributed by atoms with van der Waals surface area (Å²) < 4.78 is 13.8. The van der Waals surface area contributed by atoms with Gasteiger partial charge in [0.05, 0.1) is 4.47 Å². The van der Waals surface area contributed by atoms with Crippen LogP contribution < -0.4 is 5.32 Å². The molecule has 1 heterocycles. The molecule has 0 bridgehead atoms. The highest BCUT2D eigenvalue weighted by atomic mass is 79.9. The highest BCUT2D eigenvalue weighted by Gasteiger charge is 2.15. The Morgan fingerprint density at radius 2 is 2.15 bits per heavy atom. The topological polar surface area (TPSA) is 29.1 Å². The lowest BCUT2D eigenvalue weighted by molar-refractivity contribution is 0.0993. The van der Waals surface area contributed by atoms with Crippen LogP contribution in [-0.4, -0.2) is 12.3 Å². The second kappa shape index (κ2) is 5.37. The van der Waals surface area contributed by atoms with Gasteiger partial charge in [-0.3, -0.25) is 4.79 Å². The molecule has 2 nitrogen and oxygen atoms in total. The fourth-order valence-electron chi connectivity index (χ4n) is 2.42. The maximum atomic E-state index is 13.4. The van der Waals surface area contributed by atoms with Gasteiger partial charge in [0.15, 0.2) is 5.78 Å². The van der Waals surface area contributed by atoms with Crippen LogP contribution >= 0.6 is 15.9 Å². The third-order valence-corrected chi connectivity index (χ3v) is 4.41. The minimum Gasteiger partial charge on any atom is -0.384 e. The average molecular weight is 334 g/mol. The Kier molecular flexibility index (Phi) is 3.57. The minimum absolute atomic E-state index is 0.00667. The number of hydrogen-bond acceptors (Lipinski definition) is 2. The van der Waals surface area contributed by atoms with Crippen molar-refractivity contribution in [2.24, 2.45) is 0 Å². The van der Waals surface area contributed by atoms with Crippen molar-refractivity contribution in [2.75, 3.05) is 11.9 Å². The molecule has 0 radical (unpaired) electrons. The second-order valence-electron chi connectivity index (χ2n) is 4.86. The number of anilines is 1. The number of Topliss-reactive ketones (excluding diaryl/α,β-unsaturated/α-hetero) is 1. The van der Waals surface area contributed by atoms with E-state index in [1.165, 1.54) is 11.6 Å². The molecule has 0 spiro atoms. The highest BCUT2D eigenvalue weighted by molar-refractivity contribution is 9.10. The number of carbonyl (C=O) groups excluding carboxylic acids is 1. The molecule has 0 saturated carbocycles. The molecule has 0 atom stereocenters. The van der Waals surface area contributed by atoms with Crippen molar-refractivity contribution in [3.8, 4) is 0 Å². The van der Waals surface area contributed by atoms with Gasteiger partial charge in [-0.15, -0.1) is 0 Å². The molecule has 20 heavy (non-hydrogen) atoms. The molecule has 4 heteroatoms. The minimum atomic E-state index is -0.342. The summed E-state index contributed by atoms with van der Waals surface area (Å²) in [4.78, 5) is 12.3. The van der Waals surface area contributed by atoms with Crippen LogP contribution in [0.5, 0.6) is 0 Å². The lowest BCUT2D eigenvalue weighted by atomic mass is 10.0. The molecule has 0 fully saturated rings. The van der Waals surface area contributed by atoms with Gasteiger partial charge >= 0.3 is 0 Å². The highest BCUT2D eigenvalue weighted by Crippen LogP contribution is 2.25. The maximum absolute atomic E-state index is 13.4. The number of carbonyl (C=O) groups is 1. The van der Waals surface area contributed by atoms with Gasteiger partial charge in [0, 0.05) is 24.2 Å². The van der Waals surface area contributed by atoms with E-state index in [0.29, 0.717) is 15.6 Å². The zero-order valence-corrected chi connectivity index (χ0v) is 12.3. The maximum Gasteiger partial charge on any atom is 0.167 e. The van der Waals surface area contributed by atoms with Crippen LogP contribution in [0.1, 0.15) is 21.5 Å². The molecule has 0 aliphatic carbocycles. The summed E-state index contributed by atoms with van der Waals surface area (Å²) in [5, 5.41) is 3.26. The SMILES string of the molecule is O=C(Cc1cccc(F)c1Br)c1ccc2c(c1)NCC2. The molecule has 0 saturated heterocycles. The third-order valence-electron chi connectivity index (χ3n) is 3.52. The van der Waals surface area contributed by atoms with Crippen molar-refractivity contribution in [2.45, 2.75) is 12.8 Å². The molecule has 3 rings (SSSR count). The molecule has 0 amide bonds. The monoisotopic (exact) mass is 333 g/mol. The molecule has 2 aromatic rings. The Labute approximate surface area is 125 Å². The molecule has 1 N–H and O–H groups in total. The van der Waals surface area contributed by atoms with Gasteiger partial charge in [0.2, 0.25) is 0 Å². The van der Waals surface area contributed by atoms with E-state index >= 15 is 0 Å². The van der Waals surface area contributed by atoms with E-state index in [-0.39, 0.29) is 18.0 Å². The van der Waals surface area contributed by atoms with Crippen molar-refractivity contribution < 1.29 is 9.18 Å². The van der Waals surface area contributed by atoms with Crippen LogP contribution in [0.15, 0.2) is 40.9 Å². The normalized spacial score (nSPS) is 12.9. The van der Waals surface area contributed by atoms with Gasteiger partial charge in [-0.25, -0.2) is 4.39 Å². The Morgan fingerprint density at radius 3 is 3.00 bits per heavy atom. The summed E-state index contributed by atoms with van der Waals surface area (Å²) in [5.74, 6) is -0.348. The predicted molar refractivity (Wildman–Crippen MR) is 80.8 cm³/mol. The molecular weight excluding hydrogens is 321 g/mol. The molecule has 1 aliphatic rings. The Balaban J connectivity index is 1.84. The van der Waals surface area contributed by atoms with Gasteiger partial charge in [-0.2, -0.15) is 0 Å². The summed E-state index contributed by atoms with van der Waals surface area (Å²) >= 11 is 3.19. The van der Waals surface area contributed by atoms with Gasteiger partial charge < -0.3 is 5.32 Å². The van der Waals surface area contributed by atoms with Crippen molar-refractivity contribution >= 4 is 27.4 Å². The van der Waals surface area contributed by atoms with Gasteiger partial charge in [0.1, 0.15) is 5.82 Å². The molecule has 102 valence electrons. The summed E-state index contributed by atoms with van der Waals surface area (Å²) in [6.07, 6.45) is 1.19. The van der Waals surface area contributed by atoms with Crippen LogP contribution in [0, 0.1) is 5.82 Å². The van der Waals surface area contributed by atoms with Gasteiger partial charge in [-0.05, 0) is 45.6 Å². The summed E-state index contributed by atoms with van der Waals surface area (Å²) in [6.45, 7) is 0.919. The molecule has 1 aliphatic heterocycles. The number of benzene rings is 2. The molecule has 2 aromatic carbocycles. The Morgan fingerprint density at radius 1 is 1.30 bits per heavy atom. The van der Waals surface area contributed by atoms with Crippen LogP contribution in [0.2, 0.25) is 0 Å². The lowest BCUT2D eigenvalue weighted by Crippen LogP contribution is -2.05. The first-order chi connectivity index (χ1) is 9.65. The number of fused-ring (bicyclic) bond motifs is 1. The van der Waals surface area contributed by atoms with E-state index in [4.69, 9.17) is 0 Å². The summed E-state index contributed by atoms with van der Waals surface area (Å²) in [5.41, 5.74) is 3.61. The van der Waals surface area contributed by atoms with Crippen LogP contribution in [0.25, 0.3) is 0 Å². The zero-order valence-electron chi connectivity index (χ0n) is 10.7. The lowest BCUT2D eigenvalue weighted by Gasteiger charge is -2.07. The van der Waals surface area contributed by atoms with E-state index in [1.807, 2.05) is 18.2 Å². The van der Waals surface area contributed by atoms with E-state index in [2.05, 4.69) is 21.2 Å². The van der Waals surface area contributed by atoms with Crippen molar-refractivity contribution in [1.29, 1.82) is 0 Å². The Bertz CT molecular complexity index is 684. The number of rotatable bonds is 3. The van der Waals surface area contributed by atoms with E-state index in [0.717, 1.165) is 18.7 Å². The standard InChI is InChI=1S/C16H13BrFNO/c17-16-12(2-1-3-13(16)18)9-15(20)11-5-4-10-6-7-19-14(10)8-11/h1-5,8,19H,6-7,9H2. The average Bonchev–Trinajstić information content (AvgIpc) is 2.91. The first kappa shape index (κ1) is 13.3. The summed E-state index contributed by atoms with van der Waals surface area (Å²) in [6, 6.07) is 10.5. The van der Waals surface area contributed by atoms with Crippen molar-refractivity contribution in [3.63, 3.8) is 0 Å². The number of halogens is 2. The van der Waals surface area contributed by atoms with E-state index in [1.54, 1.807) is 12.1 Å². The zero-order chi connectivity index (χ0) is 14.1. The van der Waals surface area contributed by atoms with Crippen LogP contribution in [0.4, 0.5) is 10.1 Å². The van der Waals surface area contributed by atoms with Gasteiger partial charge in [0.25, 0.3) is 0 Å². The number of hydrogen-bond donors (Lipinski definition) is 1. The first-order valence-electron chi connectivity index (χ1n) is 6.48. The fraction of sp³-hybridized carbons (Fsp3) is 0.188. The van der Waals surface area contributed by atoms with E-state index in [9.17, 15) is 9.18 Å². The Hall–Kier alpha value is -1.68. The predicted octanol–water partition coefficient (Wildman–Crippen LogP) is 3.98. The largest absolute Gasteiger partial charge is 0.384 e. The first-order valence-corrected chi connectivity index (χ1v) is 7.27. The number of nitrogens with one attached hydrogen (secondary N) is 1. The third kappa shape index (κ3) is 2.48. The van der Waals surface area contributed by atoms with Crippen molar-refractivity contribution in [3.05, 3.63) is 63.4 Å². The molecule has 0 aromatic heterocycles. The fourth-order valence-corrected chi connectivity index (χ4v) is 2.83.